The molecule has 2 aromatic carbocycles. The number of halogens is 2. The topological polar surface area (TPSA) is 70.1 Å². The molecule has 1 saturated heterocycles. The molecule has 0 saturated carbocycles. The minimum absolute atomic E-state index is 0.146. The van der Waals surface area contributed by atoms with Gasteiger partial charge in [-0.15, -0.1) is 0 Å². The predicted molar refractivity (Wildman–Crippen MR) is 126 cm³/mol. The van der Waals surface area contributed by atoms with E-state index in [1.54, 1.807) is 29.2 Å². The molecule has 0 spiro atoms. The summed E-state index contributed by atoms with van der Waals surface area (Å²) >= 11 is 11.5. The average Bonchev–Trinajstić information content (AvgIpc) is 2.76. The van der Waals surface area contributed by atoms with Crippen molar-refractivity contribution in [2.75, 3.05) is 20.4 Å². The lowest BCUT2D eigenvalue weighted by Crippen LogP contribution is -2.52. The summed E-state index contributed by atoms with van der Waals surface area (Å²) in [5.74, 6) is -1.63. The number of carboxylic acids is 1. The Labute approximate surface area is 199 Å². The number of benzene rings is 2. The summed E-state index contributed by atoms with van der Waals surface area (Å²) in [5.41, 5.74) is 0.980. The molecular formula is C24H30Cl2N2O4. The van der Waals surface area contributed by atoms with E-state index in [-0.39, 0.29) is 25.1 Å². The van der Waals surface area contributed by atoms with Gasteiger partial charge >= 0.3 is 5.97 Å². The zero-order chi connectivity index (χ0) is 23.5. The average molecular weight is 481 g/mol. The number of ether oxygens (including phenoxy) is 1. The monoisotopic (exact) mass is 480 g/mol. The maximum absolute atomic E-state index is 12.9. The van der Waals surface area contributed by atoms with Gasteiger partial charge in [0.1, 0.15) is 6.73 Å². The third kappa shape index (κ3) is 8.10. The van der Waals surface area contributed by atoms with Gasteiger partial charge in [0, 0.05) is 23.7 Å². The van der Waals surface area contributed by atoms with Crippen LogP contribution in [0.5, 0.6) is 0 Å². The Balaban J connectivity index is 0.000000439. The normalized spacial score (nSPS) is 18.3. The number of nitrogens with zero attached hydrogens (tertiary/aromatic N) is 2. The quantitative estimate of drug-likeness (QED) is 0.389. The van der Waals surface area contributed by atoms with Crippen molar-refractivity contribution in [2.24, 2.45) is 5.92 Å². The fourth-order valence-electron chi connectivity index (χ4n) is 3.56. The van der Waals surface area contributed by atoms with E-state index in [1.807, 2.05) is 49.4 Å². The Kier molecular flexibility index (Phi) is 11.0. The largest absolute Gasteiger partial charge is 0.481 e. The van der Waals surface area contributed by atoms with Crippen LogP contribution in [0.4, 0.5) is 0 Å². The van der Waals surface area contributed by atoms with E-state index in [4.69, 9.17) is 33.0 Å². The van der Waals surface area contributed by atoms with Crippen molar-refractivity contribution in [2.45, 2.75) is 38.6 Å². The number of aliphatic carboxylic acids is 1. The first-order chi connectivity index (χ1) is 15.3. The number of hydrazine groups is 1. The van der Waals surface area contributed by atoms with Crippen molar-refractivity contribution in [1.82, 2.24) is 10.0 Å². The molecule has 8 heteroatoms. The molecule has 0 aromatic heterocycles. The van der Waals surface area contributed by atoms with E-state index in [0.29, 0.717) is 24.5 Å². The number of carbonyl (C=O) groups is 2. The number of carbonyl (C=O) groups excluding carboxylic acids is 1. The van der Waals surface area contributed by atoms with Gasteiger partial charge in [0.15, 0.2) is 0 Å². The zero-order valence-corrected chi connectivity index (χ0v) is 19.9. The first-order valence-corrected chi connectivity index (χ1v) is 11.4. The summed E-state index contributed by atoms with van der Waals surface area (Å²) < 4.78 is 5.56. The van der Waals surface area contributed by atoms with E-state index in [2.05, 4.69) is 0 Å². The van der Waals surface area contributed by atoms with Gasteiger partial charge < -0.3 is 9.84 Å². The Morgan fingerprint density at radius 3 is 2.25 bits per heavy atom. The number of hydrogen-bond acceptors (Lipinski definition) is 4. The van der Waals surface area contributed by atoms with Crippen molar-refractivity contribution < 1.29 is 19.4 Å². The molecule has 0 radical (unpaired) electrons. The summed E-state index contributed by atoms with van der Waals surface area (Å²) in [5, 5.41) is 13.9. The molecule has 2 atom stereocenters. The maximum atomic E-state index is 12.9. The van der Waals surface area contributed by atoms with E-state index in [9.17, 15) is 9.59 Å². The van der Waals surface area contributed by atoms with Crippen LogP contribution in [0.1, 0.15) is 44.2 Å². The summed E-state index contributed by atoms with van der Waals surface area (Å²) in [7, 11) is 1.79. The lowest BCUT2D eigenvalue weighted by molar-refractivity contribution is -0.178. The molecule has 1 aliphatic rings. The van der Waals surface area contributed by atoms with Crippen LogP contribution in [0, 0.1) is 5.92 Å². The Bertz CT molecular complexity index is 849. The molecule has 1 heterocycles. The molecule has 1 amide bonds. The molecule has 1 aliphatic heterocycles. The van der Waals surface area contributed by atoms with Crippen LogP contribution in [0.15, 0.2) is 54.6 Å². The van der Waals surface area contributed by atoms with Crippen LogP contribution in [0.25, 0.3) is 0 Å². The molecule has 6 nitrogen and oxygen atoms in total. The summed E-state index contributed by atoms with van der Waals surface area (Å²) in [6.07, 6.45) is 2.00. The fraction of sp³-hybridized carbons (Fsp3) is 0.417. The second kappa shape index (κ2) is 13.4. The minimum atomic E-state index is -0.951. The number of piperidine rings is 1. The minimum Gasteiger partial charge on any atom is -0.481 e. The highest BCUT2D eigenvalue weighted by Crippen LogP contribution is 2.36. The van der Waals surface area contributed by atoms with Crippen molar-refractivity contribution in [3.63, 3.8) is 0 Å². The Hall–Kier alpha value is -2.12. The summed E-state index contributed by atoms with van der Waals surface area (Å²) in [4.78, 5) is 24.0. The second-order valence-electron chi connectivity index (χ2n) is 7.61. The molecule has 174 valence electrons. The summed E-state index contributed by atoms with van der Waals surface area (Å²) in [6.45, 7) is 2.91. The second-order valence-corrected chi connectivity index (χ2v) is 8.49. The Morgan fingerprint density at radius 2 is 1.72 bits per heavy atom. The molecule has 1 unspecified atom stereocenters. The molecule has 0 aliphatic carbocycles. The number of hydrogen-bond donors (Lipinski definition) is 1. The van der Waals surface area contributed by atoms with Gasteiger partial charge in [-0.2, -0.15) is 5.01 Å². The van der Waals surface area contributed by atoms with E-state index in [0.717, 1.165) is 17.0 Å². The van der Waals surface area contributed by atoms with Crippen LogP contribution in [-0.2, 0) is 14.3 Å². The van der Waals surface area contributed by atoms with Gasteiger partial charge in [-0.3, -0.25) is 14.6 Å². The zero-order valence-electron chi connectivity index (χ0n) is 18.4. The third-order valence-corrected chi connectivity index (χ3v) is 5.57. The van der Waals surface area contributed by atoms with E-state index in [1.165, 1.54) is 0 Å². The van der Waals surface area contributed by atoms with Crippen molar-refractivity contribution in [1.29, 1.82) is 0 Å². The van der Waals surface area contributed by atoms with E-state index >= 15 is 0 Å². The lowest BCUT2D eigenvalue weighted by atomic mass is 9.87. The number of amides is 1. The van der Waals surface area contributed by atoms with Crippen LogP contribution in [0.2, 0.25) is 10.0 Å². The standard InChI is InChI=1S/C18H25ClN2O4.C6H5Cl/c1-3-10-25-12-20(2)21-16(13-4-7-15(19)8-5-13)9-6-14(18(21)24)11-17(22)23;7-6-4-2-1-3-5-6/h4-5,7-8,14,16H,3,6,9-12H2,1-2H3,(H,22,23);1-5H/t14-,16?;/m1./s1. The highest BCUT2D eigenvalue weighted by atomic mass is 35.5. The first-order valence-electron chi connectivity index (χ1n) is 10.6. The van der Waals surface area contributed by atoms with E-state index < -0.39 is 11.9 Å². The van der Waals surface area contributed by atoms with Gasteiger partial charge in [-0.1, -0.05) is 60.5 Å². The van der Waals surface area contributed by atoms with Crippen molar-refractivity contribution in [3.05, 3.63) is 70.2 Å². The number of rotatable bonds is 8. The smallest absolute Gasteiger partial charge is 0.304 e. The predicted octanol–water partition coefficient (Wildman–Crippen LogP) is 5.67. The molecule has 3 rings (SSSR count). The highest BCUT2D eigenvalue weighted by Gasteiger charge is 2.39. The van der Waals surface area contributed by atoms with Gasteiger partial charge in [0.2, 0.25) is 5.91 Å². The van der Waals surface area contributed by atoms with Gasteiger partial charge in [0.25, 0.3) is 0 Å². The molecule has 32 heavy (non-hydrogen) atoms. The fourth-order valence-corrected chi connectivity index (χ4v) is 3.83. The highest BCUT2D eigenvalue weighted by molar-refractivity contribution is 6.30. The molecule has 2 aromatic rings. The van der Waals surface area contributed by atoms with Gasteiger partial charge in [-0.25, -0.2) is 0 Å². The molecule has 0 bridgehead atoms. The molecular weight excluding hydrogens is 451 g/mol. The first kappa shape index (κ1) is 26.1. The third-order valence-electron chi connectivity index (χ3n) is 5.06. The van der Waals surface area contributed by atoms with Crippen LogP contribution >= 0.6 is 23.2 Å². The maximum Gasteiger partial charge on any atom is 0.304 e. The summed E-state index contributed by atoms with van der Waals surface area (Å²) in [6, 6.07) is 16.7. The van der Waals surface area contributed by atoms with Crippen LogP contribution in [-0.4, -0.2) is 47.4 Å². The van der Waals surface area contributed by atoms with Gasteiger partial charge in [0.05, 0.1) is 18.4 Å². The van der Waals surface area contributed by atoms with Gasteiger partial charge in [-0.05, 0) is 49.1 Å². The van der Waals surface area contributed by atoms with Crippen LogP contribution in [0.3, 0.4) is 0 Å². The molecule has 1 N–H and O–H groups in total. The Morgan fingerprint density at radius 1 is 1.09 bits per heavy atom. The number of carboxylic acid groups (broad SMARTS) is 1. The van der Waals surface area contributed by atoms with Crippen molar-refractivity contribution >= 4 is 35.1 Å². The molecule has 1 fully saturated rings. The van der Waals surface area contributed by atoms with Crippen LogP contribution < -0.4 is 0 Å². The SMILES string of the molecule is CCCOCN(C)N1C(=O)[C@@H](CC(=O)O)CCC1c1ccc(Cl)cc1.Clc1ccccc1. The van der Waals surface area contributed by atoms with Crippen molar-refractivity contribution in [3.8, 4) is 0 Å². The lowest BCUT2D eigenvalue weighted by Gasteiger charge is -2.43.